The van der Waals surface area contributed by atoms with Crippen LogP contribution in [0.5, 0.6) is 0 Å². The lowest BCUT2D eigenvalue weighted by atomic mass is 10.3. The Balaban J connectivity index is 2.31. The number of nitrogens with two attached hydrogens (primary N) is 1. The van der Waals surface area contributed by atoms with E-state index in [9.17, 15) is 4.79 Å². The first-order valence-corrected chi connectivity index (χ1v) is 5.96. The minimum absolute atomic E-state index is 0.0185. The van der Waals surface area contributed by atoms with Crippen molar-refractivity contribution in [3.8, 4) is 0 Å². The number of carbonyl (C=O) groups is 1. The normalized spacial score (nSPS) is 17.6. The van der Waals surface area contributed by atoms with Gasteiger partial charge in [-0.3, -0.25) is 4.90 Å². The Kier molecular flexibility index (Phi) is 4.95. The Bertz CT molecular complexity index is 262. The Hall–Kier alpha value is -0.880. The van der Waals surface area contributed by atoms with E-state index < -0.39 is 0 Å². The van der Waals surface area contributed by atoms with Crippen LogP contribution < -0.4 is 11.1 Å². The quantitative estimate of drug-likeness (QED) is 0.687. The van der Waals surface area contributed by atoms with Crippen LogP contribution in [-0.4, -0.2) is 59.6 Å². The average molecular weight is 244 g/mol. The number of thiocarbonyl (C=S) groups is 1. The topological polar surface area (TPSA) is 61.6 Å². The molecule has 5 nitrogen and oxygen atoms in total. The van der Waals surface area contributed by atoms with Crippen molar-refractivity contribution in [2.45, 2.75) is 19.9 Å². The smallest absolute Gasteiger partial charge is 0.317 e. The summed E-state index contributed by atoms with van der Waals surface area (Å²) >= 11 is 4.86. The lowest BCUT2D eigenvalue weighted by molar-refractivity contribution is 0.147. The van der Waals surface area contributed by atoms with Crippen molar-refractivity contribution in [3.05, 3.63) is 0 Å². The van der Waals surface area contributed by atoms with Gasteiger partial charge in [-0.1, -0.05) is 12.2 Å². The molecule has 0 aromatic rings. The fraction of sp³-hybridized carbons (Fsp3) is 0.800. The van der Waals surface area contributed by atoms with Gasteiger partial charge in [0.15, 0.2) is 0 Å². The molecular formula is C10H20N4OS. The van der Waals surface area contributed by atoms with Crippen LogP contribution in [0.15, 0.2) is 0 Å². The van der Waals surface area contributed by atoms with Gasteiger partial charge < -0.3 is 16.0 Å². The Morgan fingerprint density at radius 1 is 1.38 bits per heavy atom. The number of hydrogen-bond acceptors (Lipinski definition) is 3. The molecular weight excluding hydrogens is 224 g/mol. The number of urea groups is 1. The SMILES string of the molecule is CC(C)NC(=O)N1CCN(CC(N)=S)CC1. The Morgan fingerprint density at radius 3 is 2.38 bits per heavy atom. The van der Waals surface area contributed by atoms with Crippen LogP contribution >= 0.6 is 12.2 Å². The number of carbonyl (C=O) groups excluding carboxylic acids is 1. The summed E-state index contributed by atoms with van der Waals surface area (Å²) in [6.45, 7) is 7.71. The molecule has 1 aliphatic rings. The van der Waals surface area contributed by atoms with Crippen molar-refractivity contribution in [2.24, 2.45) is 5.73 Å². The molecule has 0 radical (unpaired) electrons. The maximum absolute atomic E-state index is 11.7. The summed E-state index contributed by atoms with van der Waals surface area (Å²) in [7, 11) is 0. The van der Waals surface area contributed by atoms with Crippen molar-refractivity contribution in [1.29, 1.82) is 0 Å². The minimum atomic E-state index is 0.0185. The van der Waals surface area contributed by atoms with Crippen LogP contribution in [-0.2, 0) is 0 Å². The molecule has 2 amide bonds. The summed E-state index contributed by atoms with van der Waals surface area (Å²) in [4.78, 5) is 16.2. The first-order chi connectivity index (χ1) is 7.49. The summed E-state index contributed by atoms with van der Waals surface area (Å²) in [6.07, 6.45) is 0. The molecule has 0 saturated carbocycles. The third-order valence-corrected chi connectivity index (χ3v) is 2.58. The summed E-state index contributed by atoms with van der Waals surface area (Å²) in [6, 6.07) is 0.201. The van der Waals surface area contributed by atoms with E-state index in [0.717, 1.165) is 26.2 Å². The van der Waals surface area contributed by atoms with Crippen LogP contribution in [0.1, 0.15) is 13.8 Å². The molecule has 0 aliphatic carbocycles. The summed E-state index contributed by atoms with van der Waals surface area (Å²) in [5.74, 6) is 0. The molecule has 6 heteroatoms. The highest BCUT2D eigenvalue weighted by molar-refractivity contribution is 7.80. The molecule has 92 valence electrons. The fourth-order valence-electron chi connectivity index (χ4n) is 1.67. The van der Waals surface area contributed by atoms with Crippen LogP contribution in [0, 0.1) is 0 Å². The second-order valence-electron chi connectivity index (χ2n) is 4.33. The third-order valence-electron chi connectivity index (χ3n) is 2.45. The van der Waals surface area contributed by atoms with E-state index in [4.69, 9.17) is 18.0 Å². The molecule has 0 aromatic heterocycles. The highest BCUT2D eigenvalue weighted by Crippen LogP contribution is 2.02. The molecule has 0 unspecified atom stereocenters. The largest absolute Gasteiger partial charge is 0.392 e. The van der Waals surface area contributed by atoms with Gasteiger partial charge in [0.1, 0.15) is 0 Å². The van der Waals surface area contributed by atoms with Gasteiger partial charge in [-0.15, -0.1) is 0 Å². The number of piperazine rings is 1. The number of amides is 2. The van der Waals surface area contributed by atoms with Crippen LogP contribution in [0.4, 0.5) is 4.79 Å². The number of nitrogens with one attached hydrogen (secondary N) is 1. The van der Waals surface area contributed by atoms with Gasteiger partial charge in [-0.2, -0.15) is 0 Å². The van der Waals surface area contributed by atoms with E-state index in [1.807, 2.05) is 18.7 Å². The van der Waals surface area contributed by atoms with E-state index in [2.05, 4.69) is 10.2 Å². The van der Waals surface area contributed by atoms with Gasteiger partial charge in [-0.05, 0) is 13.8 Å². The number of hydrogen-bond donors (Lipinski definition) is 2. The maximum atomic E-state index is 11.7. The standard InChI is InChI=1S/C10H20N4OS/c1-8(2)12-10(15)14-5-3-13(4-6-14)7-9(11)16/h8H,3-7H2,1-2H3,(H2,11,16)(H,12,15). The van der Waals surface area contributed by atoms with Gasteiger partial charge in [0.2, 0.25) is 0 Å². The lowest BCUT2D eigenvalue weighted by Gasteiger charge is -2.34. The van der Waals surface area contributed by atoms with E-state index >= 15 is 0 Å². The molecule has 0 aromatic carbocycles. The first kappa shape index (κ1) is 13.2. The predicted molar refractivity (Wildman–Crippen MR) is 68.5 cm³/mol. The molecule has 1 aliphatic heterocycles. The zero-order valence-corrected chi connectivity index (χ0v) is 10.7. The van der Waals surface area contributed by atoms with Gasteiger partial charge in [0, 0.05) is 38.8 Å². The molecule has 16 heavy (non-hydrogen) atoms. The van der Waals surface area contributed by atoms with Crippen molar-refractivity contribution >= 4 is 23.2 Å². The molecule has 1 fully saturated rings. The second kappa shape index (κ2) is 6.00. The highest BCUT2D eigenvalue weighted by Gasteiger charge is 2.21. The van der Waals surface area contributed by atoms with Crippen LogP contribution in [0.25, 0.3) is 0 Å². The zero-order valence-electron chi connectivity index (χ0n) is 9.90. The Labute approximate surface area is 102 Å². The molecule has 0 spiro atoms. The lowest BCUT2D eigenvalue weighted by Crippen LogP contribution is -2.53. The average Bonchev–Trinajstić information content (AvgIpc) is 2.16. The van der Waals surface area contributed by atoms with E-state index in [1.165, 1.54) is 0 Å². The maximum Gasteiger partial charge on any atom is 0.317 e. The van der Waals surface area contributed by atoms with E-state index in [1.54, 1.807) is 0 Å². The molecule has 3 N–H and O–H groups in total. The first-order valence-electron chi connectivity index (χ1n) is 5.55. The molecule has 0 atom stereocenters. The Morgan fingerprint density at radius 2 is 1.94 bits per heavy atom. The minimum Gasteiger partial charge on any atom is -0.392 e. The third kappa shape index (κ3) is 4.32. The summed E-state index contributed by atoms with van der Waals surface area (Å²) in [5.41, 5.74) is 5.48. The monoisotopic (exact) mass is 244 g/mol. The number of nitrogens with zero attached hydrogens (tertiary/aromatic N) is 2. The van der Waals surface area contributed by atoms with Crippen molar-refractivity contribution < 1.29 is 4.79 Å². The van der Waals surface area contributed by atoms with Gasteiger partial charge in [-0.25, -0.2) is 4.79 Å². The molecule has 0 bridgehead atoms. The van der Waals surface area contributed by atoms with Crippen molar-refractivity contribution in [1.82, 2.24) is 15.1 Å². The van der Waals surface area contributed by atoms with E-state index in [0.29, 0.717) is 11.5 Å². The van der Waals surface area contributed by atoms with Gasteiger partial charge in [0.05, 0.1) is 4.99 Å². The molecule has 1 rings (SSSR count). The van der Waals surface area contributed by atoms with E-state index in [-0.39, 0.29) is 12.1 Å². The van der Waals surface area contributed by atoms with Crippen LogP contribution in [0.3, 0.4) is 0 Å². The van der Waals surface area contributed by atoms with Crippen molar-refractivity contribution in [2.75, 3.05) is 32.7 Å². The molecule has 1 heterocycles. The highest BCUT2D eigenvalue weighted by atomic mass is 32.1. The zero-order chi connectivity index (χ0) is 12.1. The summed E-state index contributed by atoms with van der Waals surface area (Å²) < 4.78 is 0. The van der Waals surface area contributed by atoms with Crippen molar-refractivity contribution in [3.63, 3.8) is 0 Å². The predicted octanol–water partition coefficient (Wildman–Crippen LogP) is 0.00810. The summed E-state index contributed by atoms with van der Waals surface area (Å²) in [5, 5.41) is 2.89. The fourth-order valence-corrected chi connectivity index (χ4v) is 1.85. The second-order valence-corrected chi connectivity index (χ2v) is 4.86. The van der Waals surface area contributed by atoms with Gasteiger partial charge >= 0.3 is 6.03 Å². The van der Waals surface area contributed by atoms with Gasteiger partial charge in [0.25, 0.3) is 0 Å². The molecule has 1 saturated heterocycles. The number of rotatable bonds is 3. The van der Waals surface area contributed by atoms with Crippen LogP contribution in [0.2, 0.25) is 0 Å².